The number of hydrogen-bond donors (Lipinski definition) is 0. The lowest BCUT2D eigenvalue weighted by Crippen LogP contribution is -2.16. The molecule has 2 aliphatic carbocycles. The van der Waals surface area contributed by atoms with Gasteiger partial charge in [-0.25, -0.2) is 0 Å². The number of fused-ring (bicyclic) bond motifs is 3. The zero-order valence-electron chi connectivity index (χ0n) is 27.7. The molecule has 0 bridgehead atoms. The number of hydrogen-bond acceptors (Lipinski definition) is 0. The minimum absolute atomic E-state index is 0.0910. The van der Waals surface area contributed by atoms with E-state index in [9.17, 15) is 0 Å². The van der Waals surface area contributed by atoms with E-state index in [-0.39, 0.29) is 28.1 Å². The van der Waals surface area contributed by atoms with E-state index in [2.05, 4.69) is 165 Å². The van der Waals surface area contributed by atoms with Gasteiger partial charge in [0, 0.05) is 11.8 Å². The highest BCUT2D eigenvalue weighted by atomic mass is 14.4. The van der Waals surface area contributed by atoms with Gasteiger partial charge in [-0.2, -0.15) is 0 Å². The second-order valence-corrected chi connectivity index (χ2v) is 15.9. The zero-order chi connectivity index (χ0) is 30.7. The normalized spacial score (nSPS) is 16.3. The Labute approximate surface area is 260 Å². The van der Waals surface area contributed by atoms with Gasteiger partial charge < -0.3 is 0 Å². The summed E-state index contributed by atoms with van der Waals surface area (Å²) in [7, 11) is 0. The van der Waals surface area contributed by atoms with E-state index < -0.39 is 0 Å². The lowest BCUT2D eigenvalue weighted by Gasteiger charge is -2.31. The van der Waals surface area contributed by atoms with Crippen molar-refractivity contribution in [1.82, 2.24) is 0 Å². The Hall–Kier alpha value is -3.64. The van der Waals surface area contributed by atoms with Gasteiger partial charge >= 0.3 is 0 Å². The third-order valence-corrected chi connectivity index (χ3v) is 9.76. The van der Waals surface area contributed by atoms with Crippen molar-refractivity contribution in [3.63, 3.8) is 0 Å². The summed E-state index contributed by atoms with van der Waals surface area (Å²) in [6.45, 7) is 21.1. The molecule has 0 saturated carbocycles. The lowest BCUT2D eigenvalue weighted by molar-refractivity contribution is 0.490. The van der Waals surface area contributed by atoms with Gasteiger partial charge in [-0.1, -0.05) is 171 Å². The van der Waals surface area contributed by atoms with Crippen LogP contribution in [0, 0.1) is 5.41 Å². The van der Waals surface area contributed by atoms with E-state index >= 15 is 0 Å². The first-order valence-electron chi connectivity index (χ1n) is 16.1. The smallest absolute Gasteiger partial charge is 0.0208 e. The van der Waals surface area contributed by atoms with Crippen molar-refractivity contribution in [2.45, 2.75) is 91.4 Å². The predicted molar refractivity (Wildman–Crippen MR) is 186 cm³/mol. The average Bonchev–Trinajstić information content (AvgIpc) is 3.54. The standard InChI is InChI=1S/C43H48/c1-41(2,3)30-20-22-33-36(24-30)37-25-31(42(4,5)6)21-23-34(37)40(33)39(29-18-14-11-15-19-29)38-27-32(43(7,8)9)26-35(38)28-16-12-10-13-17-28/h10-26,39-40H,27H2,1-9H3. The number of allylic oxidation sites excluding steroid dienone is 4. The van der Waals surface area contributed by atoms with Crippen LogP contribution in [0.3, 0.4) is 0 Å². The van der Waals surface area contributed by atoms with Crippen LogP contribution >= 0.6 is 0 Å². The first kappa shape index (κ1) is 29.4. The molecule has 0 nitrogen and oxygen atoms in total. The summed E-state index contributed by atoms with van der Waals surface area (Å²) in [6, 6.07) is 37.1. The highest BCUT2D eigenvalue weighted by Crippen LogP contribution is 2.58. The fraction of sp³-hybridized carbons (Fsp3) is 0.349. The largest absolute Gasteiger partial charge is 0.0622 e. The Morgan fingerprint density at radius 1 is 0.558 bits per heavy atom. The Bertz CT molecular complexity index is 1640. The van der Waals surface area contributed by atoms with E-state index in [1.165, 1.54) is 55.7 Å². The average molecular weight is 565 g/mol. The molecule has 0 aromatic heterocycles. The number of benzene rings is 4. The molecule has 0 saturated heterocycles. The molecule has 0 heterocycles. The van der Waals surface area contributed by atoms with Crippen LogP contribution in [-0.4, -0.2) is 0 Å². The summed E-state index contributed by atoms with van der Waals surface area (Å²) in [5.41, 5.74) is 16.1. The SMILES string of the molecule is CC(C)(C)C1=CC(c2ccccc2)=C(C(c2ccccc2)C2c3ccc(C(C)(C)C)cc3-c3cc(C(C)(C)C)ccc32)C1. The Kier molecular flexibility index (Phi) is 7.20. The summed E-state index contributed by atoms with van der Waals surface area (Å²) in [5.74, 6) is 0.477. The fourth-order valence-electron chi connectivity index (χ4n) is 7.10. The van der Waals surface area contributed by atoms with Gasteiger partial charge in [0.25, 0.3) is 0 Å². The minimum Gasteiger partial charge on any atom is -0.0622 e. The third kappa shape index (κ3) is 5.46. The van der Waals surface area contributed by atoms with Crippen molar-refractivity contribution in [2.75, 3.05) is 0 Å². The maximum atomic E-state index is 2.52. The third-order valence-electron chi connectivity index (χ3n) is 9.76. The van der Waals surface area contributed by atoms with Crippen LogP contribution in [0.4, 0.5) is 0 Å². The van der Waals surface area contributed by atoms with Crippen LogP contribution < -0.4 is 0 Å². The van der Waals surface area contributed by atoms with Crippen LogP contribution in [0.15, 0.2) is 114 Å². The lowest BCUT2D eigenvalue weighted by atomic mass is 9.72. The van der Waals surface area contributed by atoms with Gasteiger partial charge in [-0.05, 0) is 78.3 Å². The molecular formula is C43H48. The molecule has 220 valence electrons. The van der Waals surface area contributed by atoms with E-state index in [0.29, 0.717) is 0 Å². The van der Waals surface area contributed by atoms with Gasteiger partial charge in [0.05, 0.1) is 0 Å². The molecule has 6 rings (SSSR count). The minimum atomic E-state index is 0.0910. The summed E-state index contributed by atoms with van der Waals surface area (Å²) < 4.78 is 0. The van der Waals surface area contributed by atoms with E-state index in [1.807, 2.05) is 0 Å². The van der Waals surface area contributed by atoms with E-state index in [0.717, 1.165) is 6.42 Å². The maximum Gasteiger partial charge on any atom is 0.0208 e. The topological polar surface area (TPSA) is 0 Å². The molecule has 0 fully saturated rings. The van der Waals surface area contributed by atoms with Crippen LogP contribution in [0.2, 0.25) is 0 Å². The van der Waals surface area contributed by atoms with Gasteiger partial charge in [-0.15, -0.1) is 0 Å². The van der Waals surface area contributed by atoms with Crippen LogP contribution in [0.25, 0.3) is 16.7 Å². The summed E-state index contributed by atoms with van der Waals surface area (Å²) in [4.78, 5) is 0. The predicted octanol–water partition coefficient (Wildman–Crippen LogP) is 12.0. The van der Waals surface area contributed by atoms with Gasteiger partial charge in [0.2, 0.25) is 0 Å². The Morgan fingerprint density at radius 3 is 1.51 bits per heavy atom. The van der Waals surface area contributed by atoms with Crippen molar-refractivity contribution < 1.29 is 0 Å². The molecular weight excluding hydrogens is 516 g/mol. The highest BCUT2D eigenvalue weighted by molar-refractivity contribution is 5.85. The molecule has 0 amide bonds. The monoisotopic (exact) mass is 564 g/mol. The second-order valence-electron chi connectivity index (χ2n) is 15.9. The molecule has 1 unspecified atom stereocenters. The van der Waals surface area contributed by atoms with E-state index in [1.54, 1.807) is 5.57 Å². The van der Waals surface area contributed by atoms with E-state index in [4.69, 9.17) is 0 Å². The molecule has 0 N–H and O–H groups in total. The summed E-state index contributed by atoms with van der Waals surface area (Å²) >= 11 is 0. The Balaban J connectivity index is 1.64. The zero-order valence-corrected chi connectivity index (χ0v) is 27.7. The van der Waals surface area contributed by atoms with Crippen molar-refractivity contribution in [1.29, 1.82) is 0 Å². The van der Waals surface area contributed by atoms with Gasteiger partial charge in [-0.3, -0.25) is 0 Å². The second kappa shape index (κ2) is 10.5. The molecule has 2 aliphatic rings. The molecule has 4 aromatic rings. The molecule has 0 aliphatic heterocycles. The molecule has 43 heavy (non-hydrogen) atoms. The first-order chi connectivity index (χ1) is 20.2. The number of rotatable bonds is 4. The van der Waals surface area contributed by atoms with Crippen molar-refractivity contribution in [3.8, 4) is 11.1 Å². The fourth-order valence-corrected chi connectivity index (χ4v) is 7.10. The maximum absolute atomic E-state index is 2.52. The molecule has 0 spiro atoms. The molecule has 0 heteroatoms. The quantitative estimate of drug-likeness (QED) is 0.231. The molecule has 1 atom stereocenters. The van der Waals surface area contributed by atoms with Crippen LogP contribution in [0.5, 0.6) is 0 Å². The van der Waals surface area contributed by atoms with Gasteiger partial charge in [0.15, 0.2) is 0 Å². The summed E-state index contributed by atoms with van der Waals surface area (Å²) in [6.07, 6.45) is 3.53. The first-order valence-corrected chi connectivity index (χ1v) is 16.1. The van der Waals surface area contributed by atoms with Crippen molar-refractivity contribution in [2.24, 2.45) is 5.41 Å². The van der Waals surface area contributed by atoms with Crippen LogP contribution in [-0.2, 0) is 10.8 Å². The highest BCUT2D eigenvalue weighted by Gasteiger charge is 2.41. The molecule has 0 radical (unpaired) electrons. The van der Waals surface area contributed by atoms with Crippen LogP contribution in [0.1, 0.15) is 114 Å². The Morgan fingerprint density at radius 2 is 1.05 bits per heavy atom. The van der Waals surface area contributed by atoms with Crippen molar-refractivity contribution >= 4 is 5.57 Å². The summed E-state index contributed by atoms with van der Waals surface area (Å²) in [5, 5.41) is 0. The van der Waals surface area contributed by atoms with Gasteiger partial charge in [0.1, 0.15) is 0 Å². The molecule has 4 aromatic carbocycles. The van der Waals surface area contributed by atoms with Crippen molar-refractivity contribution in [3.05, 3.63) is 148 Å².